The third kappa shape index (κ3) is 8.86. The van der Waals surface area contributed by atoms with Gasteiger partial charge in [-0.15, -0.1) is 0 Å². The molecule has 1 unspecified atom stereocenters. The SMILES string of the molecule is CCCCC(CC)COC(=O)c1ccc(OCC(=O)N2CCN(Cc3ccc(Cl)cc3)CC2)cc1. The number of carbonyl (C=O) groups excluding carboxylic acids is 2. The lowest BCUT2D eigenvalue weighted by atomic mass is 10.0. The van der Waals surface area contributed by atoms with E-state index in [9.17, 15) is 9.59 Å². The van der Waals surface area contributed by atoms with Gasteiger partial charge < -0.3 is 14.4 Å². The summed E-state index contributed by atoms with van der Waals surface area (Å²) >= 11 is 5.96. The van der Waals surface area contributed by atoms with E-state index in [1.165, 1.54) is 5.56 Å². The summed E-state index contributed by atoms with van der Waals surface area (Å²) in [5.74, 6) is 0.619. The van der Waals surface area contributed by atoms with Gasteiger partial charge in [0.15, 0.2) is 6.61 Å². The predicted octanol–water partition coefficient (Wildman–Crippen LogP) is 5.44. The van der Waals surface area contributed by atoms with E-state index < -0.39 is 0 Å². The highest BCUT2D eigenvalue weighted by atomic mass is 35.5. The van der Waals surface area contributed by atoms with Gasteiger partial charge in [-0.25, -0.2) is 4.79 Å². The number of benzene rings is 2. The first-order chi connectivity index (χ1) is 17.0. The molecular weight excluding hydrogens is 464 g/mol. The van der Waals surface area contributed by atoms with Crippen LogP contribution in [0.4, 0.5) is 0 Å². The van der Waals surface area contributed by atoms with Gasteiger partial charge in [0, 0.05) is 37.7 Å². The molecule has 7 heteroatoms. The number of carbonyl (C=O) groups is 2. The van der Waals surface area contributed by atoms with Gasteiger partial charge >= 0.3 is 5.97 Å². The summed E-state index contributed by atoms with van der Waals surface area (Å²) in [7, 11) is 0. The fourth-order valence-corrected chi connectivity index (χ4v) is 4.23. The van der Waals surface area contributed by atoms with Crippen LogP contribution >= 0.6 is 11.6 Å². The summed E-state index contributed by atoms with van der Waals surface area (Å²) in [6, 6.07) is 14.7. The molecule has 2 aromatic rings. The number of halogens is 1. The summed E-state index contributed by atoms with van der Waals surface area (Å²) in [5, 5.41) is 0.738. The second kappa shape index (κ2) is 14.1. The summed E-state index contributed by atoms with van der Waals surface area (Å²) in [5.41, 5.74) is 1.71. The Labute approximate surface area is 214 Å². The molecule has 1 heterocycles. The molecule has 1 saturated heterocycles. The maximum atomic E-state index is 12.6. The van der Waals surface area contributed by atoms with Crippen molar-refractivity contribution in [3.63, 3.8) is 0 Å². The zero-order valence-corrected chi connectivity index (χ0v) is 21.6. The molecule has 1 aliphatic rings. The molecule has 1 atom stereocenters. The fourth-order valence-electron chi connectivity index (χ4n) is 4.10. The van der Waals surface area contributed by atoms with Crippen molar-refractivity contribution in [1.82, 2.24) is 9.80 Å². The van der Waals surface area contributed by atoms with Crippen LogP contribution in [0.2, 0.25) is 5.02 Å². The molecule has 0 aliphatic carbocycles. The molecule has 0 aromatic heterocycles. The topological polar surface area (TPSA) is 59.1 Å². The second-order valence-electron chi connectivity index (χ2n) is 9.11. The van der Waals surface area contributed by atoms with Crippen LogP contribution in [0, 0.1) is 5.92 Å². The van der Waals surface area contributed by atoms with Gasteiger partial charge in [-0.2, -0.15) is 0 Å². The van der Waals surface area contributed by atoms with E-state index in [1.807, 2.05) is 29.2 Å². The number of piperazine rings is 1. The van der Waals surface area contributed by atoms with Crippen LogP contribution in [0.15, 0.2) is 48.5 Å². The van der Waals surface area contributed by atoms with Gasteiger partial charge in [0.1, 0.15) is 5.75 Å². The molecule has 1 aliphatic heterocycles. The average molecular weight is 501 g/mol. The quantitative estimate of drug-likeness (QED) is 0.363. The minimum absolute atomic E-state index is 0.0173. The number of hydrogen-bond acceptors (Lipinski definition) is 5. The van der Waals surface area contributed by atoms with E-state index in [0.717, 1.165) is 50.3 Å². The van der Waals surface area contributed by atoms with Crippen LogP contribution in [-0.2, 0) is 16.1 Å². The Bertz CT molecular complexity index is 925. The number of hydrogen-bond donors (Lipinski definition) is 0. The first-order valence-electron chi connectivity index (χ1n) is 12.6. The van der Waals surface area contributed by atoms with Crippen LogP contribution in [0.3, 0.4) is 0 Å². The fraction of sp³-hybridized carbons (Fsp3) is 0.500. The standard InChI is InChI=1S/C28H37ClN2O4/c1-3-5-6-22(4-2)20-35-28(33)24-9-13-26(14-10-24)34-21-27(32)31-17-15-30(16-18-31)19-23-7-11-25(29)12-8-23/h7-14,22H,3-6,15-21H2,1-2H3. The van der Waals surface area contributed by atoms with Gasteiger partial charge in [0.2, 0.25) is 0 Å². The molecule has 0 bridgehead atoms. The van der Waals surface area contributed by atoms with Gasteiger partial charge in [0.25, 0.3) is 5.91 Å². The maximum Gasteiger partial charge on any atom is 0.338 e. The molecule has 2 aromatic carbocycles. The molecule has 1 fully saturated rings. The van der Waals surface area contributed by atoms with Crippen molar-refractivity contribution in [3.05, 3.63) is 64.7 Å². The highest BCUT2D eigenvalue weighted by molar-refractivity contribution is 6.30. The van der Waals surface area contributed by atoms with Crippen molar-refractivity contribution in [3.8, 4) is 5.75 Å². The Balaban J connectivity index is 1.37. The third-order valence-electron chi connectivity index (χ3n) is 6.49. The van der Waals surface area contributed by atoms with Gasteiger partial charge in [-0.3, -0.25) is 9.69 Å². The molecule has 190 valence electrons. The lowest BCUT2D eigenvalue weighted by molar-refractivity contribution is -0.135. The minimum Gasteiger partial charge on any atom is -0.484 e. The van der Waals surface area contributed by atoms with Gasteiger partial charge in [-0.05, 0) is 54.3 Å². The van der Waals surface area contributed by atoms with E-state index in [0.29, 0.717) is 36.9 Å². The van der Waals surface area contributed by atoms with E-state index in [2.05, 4.69) is 18.7 Å². The Kier molecular flexibility index (Phi) is 10.9. The summed E-state index contributed by atoms with van der Waals surface area (Å²) in [4.78, 5) is 29.1. The predicted molar refractivity (Wildman–Crippen MR) is 139 cm³/mol. The molecule has 6 nitrogen and oxygen atoms in total. The maximum absolute atomic E-state index is 12.6. The lowest BCUT2D eigenvalue weighted by Gasteiger charge is -2.34. The van der Waals surface area contributed by atoms with Crippen LogP contribution in [0.25, 0.3) is 0 Å². The Morgan fingerprint density at radius 2 is 1.66 bits per heavy atom. The van der Waals surface area contributed by atoms with E-state index >= 15 is 0 Å². The largest absolute Gasteiger partial charge is 0.484 e. The molecule has 0 spiro atoms. The van der Waals surface area contributed by atoms with Gasteiger partial charge in [0.05, 0.1) is 12.2 Å². The van der Waals surface area contributed by atoms with Crippen molar-refractivity contribution < 1.29 is 19.1 Å². The zero-order valence-electron chi connectivity index (χ0n) is 20.9. The molecule has 3 rings (SSSR count). The van der Waals surface area contributed by atoms with Crippen molar-refractivity contribution in [2.24, 2.45) is 5.92 Å². The molecule has 1 amide bonds. The zero-order chi connectivity index (χ0) is 25.0. The van der Waals surface area contributed by atoms with E-state index in [-0.39, 0.29) is 18.5 Å². The number of nitrogens with zero attached hydrogens (tertiary/aromatic N) is 2. The number of amides is 1. The monoisotopic (exact) mass is 500 g/mol. The van der Waals surface area contributed by atoms with Crippen LogP contribution in [-0.4, -0.2) is 61.1 Å². The Hall–Kier alpha value is -2.57. The van der Waals surface area contributed by atoms with Crippen LogP contribution in [0.1, 0.15) is 55.5 Å². The Morgan fingerprint density at radius 3 is 2.29 bits per heavy atom. The van der Waals surface area contributed by atoms with Crippen LogP contribution < -0.4 is 4.74 Å². The molecule has 0 radical (unpaired) electrons. The summed E-state index contributed by atoms with van der Waals surface area (Å²) < 4.78 is 11.2. The lowest BCUT2D eigenvalue weighted by Crippen LogP contribution is -2.49. The first-order valence-corrected chi connectivity index (χ1v) is 13.0. The number of unbranched alkanes of at least 4 members (excludes halogenated alkanes) is 1. The van der Waals surface area contributed by atoms with Crippen molar-refractivity contribution in [2.75, 3.05) is 39.4 Å². The smallest absolute Gasteiger partial charge is 0.338 e. The number of ether oxygens (including phenoxy) is 2. The molecule has 35 heavy (non-hydrogen) atoms. The van der Waals surface area contributed by atoms with Crippen LogP contribution in [0.5, 0.6) is 5.75 Å². The third-order valence-corrected chi connectivity index (χ3v) is 6.74. The van der Waals surface area contributed by atoms with Gasteiger partial charge in [-0.1, -0.05) is 56.8 Å². The average Bonchev–Trinajstić information content (AvgIpc) is 2.89. The summed E-state index contributed by atoms with van der Waals surface area (Å²) in [6.07, 6.45) is 4.39. The normalized spacial score (nSPS) is 15.0. The second-order valence-corrected chi connectivity index (χ2v) is 9.55. The highest BCUT2D eigenvalue weighted by Gasteiger charge is 2.21. The van der Waals surface area contributed by atoms with Crippen molar-refractivity contribution in [2.45, 2.75) is 46.1 Å². The van der Waals surface area contributed by atoms with E-state index in [4.69, 9.17) is 21.1 Å². The Morgan fingerprint density at radius 1 is 0.971 bits per heavy atom. The molecule has 0 saturated carbocycles. The van der Waals surface area contributed by atoms with E-state index in [1.54, 1.807) is 24.3 Å². The highest BCUT2D eigenvalue weighted by Crippen LogP contribution is 2.17. The first kappa shape index (κ1) is 27.0. The molecule has 0 N–H and O–H groups in total. The number of rotatable bonds is 12. The van der Waals surface area contributed by atoms with Crippen molar-refractivity contribution >= 4 is 23.5 Å². The minimum atomic E-state index is -0.320. The number of esters is 1. The molecular formula is C28H37ClN2O4. The summed E-state index contributed by atoms with van der Waals surface area (Å²) in [6.45, 7) is 8.58. The van der Waals surface area contributed by atoms with Crippen molar-refractivity contribution in [1.29, 1.82) is 0 Å².